The highest BCUT2D eigenvalue weighted by Gasteiger charge is 2.01. The highest BCUT2D eigenvalue weighted by atomic mass is 16.5. The van der Waals surface area contributed by atoms with E-state index >= 15 is 0 Å². The number of pyridine rings is 1. The summed E-state index contributed by atoms with van der Waals surface area (Å²) in [7, 11) is 0. The minimum absolute atomic E-state index is 0.173. The quantitative estimate of drug-likeness (QED) is 0.803. The number of hydrogen-bond donors (Lipinski definition) is 1. The highest BCUT2D eigenvalue weighted by molar-refractivity contribution is 5.15. The molecule has 0 aliphatic rings. The molecule has 3 nitrogen and oxygen atoms in total. The lowest BCUT2D eigenvalue weighted by atomic mass is 10.2. The van der Waals surface area contributed by atoms with Crippen LogP contribution < -0.4 is 10.1 Å². The van der Waals surface area contributed by atoms with Gasteiger partial charge in [-0.15, -0.1) is 0 Å². The van der Waals surface area contributed by atoms with E-state index in [9.17, 15) is 0 Å². The van der Waals surface area contributed by atoms with Gasteiger partial charge in [0.2, 0.25) is 5.88 Å². The summed E-state index contributed by atoms with van der Waals surface area (Å²) in [6.45, 7) is 10.2. The molecule has 0 fully saturated rings. The number of rotatable bonds is 6. The minimum Gasteiger partial charge on any atom is -0.475 e. The van der Waals surface area contributed by atoms with Crippen molar-refractivity contribution < 1.29 is 4.74 Å². The van der Waals surface area contributed by atoms with E-state index in [-0.39, 0.29) is 6.10 Å². The summed E-state index contributed by atoms with van der Waals surface area (Å²) >= 11 is 0. The van der Waals surface area contributed by atoms with Crippen molar-refractivity contribution in [1.82, 2.24) is 10.3 Å². The predicted molar refractivity (Wildman–Crippen MR) is 66.5 cm³/mol. The zero-order valence-corrected chi connectivity index (χ0v) is 10.7. The van der Waals surface area contributed by atoms with Gasteiger partial charge in [-0.2, -0.15) is 0 Å². The van der Waals surface area contributed by atoms with Crippen molar-refractivity contribution >= 4 is 0 Å². The molecule has 1 N–H and O–H groups in total. The lowest BCUT2D eigenvalue weighted by Crippen LogP contribution is -2.19. The van der Waals surface area contributed by atoms with Gasteiger partial charge >= 0.3 is 0 Å². The Kier molecular flexibility index (Phi) is 5.26. The molecule has 1 rings (SSSR count). The molecule has 0 atom stereocenters. The van der Waals surface area contributed by atoms with E-state index in [1.807, 2.05) is 32.0 Å². The summed E-state index contributed by atoms with van der Waals surface area (Å²) in [5.41, 5.74) is 1.03. The summed E-state index contributed by atoms with van der Waals surface area (Å²) in [5.74, 6) is 1.37. The van der Waals surface area contributed by atoms with Crippen LogP contribution in [0.15, 0.2) is 18.2 Å². The maximum Gasteiger partial charge on any atom is 0.213 e. The summed E-state index contributed by atoms with van der Waals surface area (Å²) in [6.07, 6.45) is 0.173. The Morgan fingerprint density at radius 2 is 2.00 bits per heavy atom. The molecule has 0 bridgehead atoms. The average molecular weight is 222 g/mol. The molecule has 0 aromatic carbocycles. The summed E-state index contributed by atoms with van der Waals surface area (Å²) in [4.78, 5) is 4.43. The van der Waals surface area contributed by atoms with E-state index in [1.165, 1.54) is 0 Å². The Morgan fingerprint density at radius 1 is 1.25 bits per heavy atom. The summed E-state index contributed by atoms with van der Waals surface area (Å²) in [5, 5.41) is 3.36. The van der Waals surface area contributed by atoms with Gasteiger partial charge in [-0.3, -0.25) is 0 Å². The van der Waals surface area contributed by atoms with E-state index in [1.54, 1.807) is 0 Å². The summed E-state index contributed by atoms with van der Waals surface area (Å²) in [6, 6.07) is 5.89. The van der Waals surface area contributed by atoms with Crippen molar-refractivity contribution in [3.63, 3.8) is 0 Å². The molecule has 90 valence electrons. The first kappa shape index (κ1) is 13.0. The van der Waals surface area contributed by atoms with Gasteiger partial charge in [-0.25, -0.2) is 4.98 Å². The van der Waals surface area contributed by atoms with Crippen molar-refractivity contribution in [3.8, 4) is 5.88 Å². The van der Waals surface area contributed by atoms with Gasteiger partial charge in [-0.1, -0.05) is 19.9 Å². The Bertz CT molecular complexity index is 311. The standard InChI is InChI=1S/C13H22N2O/c1-10(2)8-14-9-12-6-5-7-13(15-12)16-11(3)4/h5-7,10-11,14H,8-9H2,1-4H3. The van der Waals surface area contributed by atoms with Gasteiger partial charge in [0.1, 0.15) is 0 Å². The number of hydrogen-bond acceptors (Lipinski definition) is 3. The molecule has 1 aromatic heterocycles. The minimum atomic E-state index is 0.173. The molecule has 0 spiro atoms. The first-order valence-electron chi connectivity index (χ1n) is 5.91. The first-order chi connectivity index (χ1) is 7.58. The molecule has 0 radical (unpaired) electrons. The first-order valence-corrected chi connectivity index (χ1v) is 5.91. The van der Waals surface area contributed by atoms with Crippen LogP contribution in [0.2, 0.25) is 0 Å². The normalized spacial score (nSPS) is 11.1. The fourth-order valence-electron chi connectivity index (χ4n) is 1.35. The van der Waals surface area contributed by atoms with Crippen LogP contribution in [-0.4, -0.2) is 17.6 Å². The van der Waals surface area contributed by atoms with Crippen molar-refractivity contribution in [3.05, 3.63) is 23.9 Å². The number of aromatic nitrogens is 1. The molecule has 0 aliphatic heterocycles. The van der Waals surface area contributed by atoms with Crippen LogP contribution in [0.5, 0.6) is 5.88 Å². The van der Waals surface area contributed by atoms with E-state index in [2.05, 4.69) is 24.1 Å². The van der Waals surface area contributed by atoms with Crippen LogP contribution in [0.25, 0.3) is 0 Å². The van der Waals surface area contributed by atoms with Crippen LogP contribution >= 0.6 is 0 Å². The SMILES string of the molecule is CC(C)CNCc1cccc(OC(C)C)n1. The maximum absolute atomic E-state index is 5.54. The van der Waals surface area contributed by atoms with Gasteiger partial charge in [0.05, 0.1) is 11.8 Å². The van der Waals surface area contributed by atoms with Gasteiger partial charge in [0.25, 0.3) is 0 Å². The second kappa shape index (κ2) is 6.48. The van der Waals surface area contributed by atoms with Gasteiger partial charge in [0.15, 0.2) is 0 Å². The van der Waals surface area contributed by atoms with E-state index in [4.69, 9.17) is 4.74 Å². The summed E-state index contributed by atoms with van der Waals surface area (Å²) < 4.78 is 5.54. The molecule has 0 amide bonds. The van der Waals surface area contributed by atoms with Crippen molar-refractivity contribution in [1.29, 1.82) is 0 Å². The van der Waals surface area contributed by atoms with Gasteiger partial charge in [-0.05, 0) is 32.4 Å². The van der Waals surface area contributed by atoms with E-state index in [0.29, 0.717) is 11.8 Å². The Balaban J connectivity index is 2.47. The second-order valence-corrected chi connectivity index (χ2v) is 4.66. The average Bonchev–Trinajstić information content (AvgIpc) is 2.16. The predicted octanol–water partition coefficient (Wildman–Crippen LogP) is 2.61. The molecule has 0 saturated carbocycles. The smallest absolute Gasteiger partial charge is 0.213 e. The number of nitrogens with one attached hydrogen (secondary N) is 1. The van der Waals surface area contributed by atoms with Crippen LogP contribution in [0.4, 0.5) is 0 Å². The monoisotopic (exact) mass is 222 g/mol. The number of nitrogens with zero attached hydrogens (tertiary/aromatic N) is 1. The largest absolute Gasteiger partial charge is 0.475 e. The third-order valence-electron chi connectivity index (χ3n) is 2.00. The Morgan fingerprint density at radius 3 is 2.62 bits per heavy atom. The number of ether oxygens (including phenoxy) is 1. The lowest BCUT2D eigenvalue weighted by molar-refractivity contribution is 0.232. The molecule has 1 aromatic rings. The molecule has 1 heterocycles. The Hall–Kier alpha value is -1.09. The zero-order chi connectivity index (χ0) is 12.0. The fraction of sp³-hybridized carbons (Fsp3) is 0.615. The second-order valence-electron chi connectivity index (χ2n) is 4.66. The van der Waals surface area contributed by atoms with Crippen LogP contribution in [-0.2, 0) is 6.54 Å². The topological polar surface area (TPSA) is 34.1 Å². The van der Waals surface area contributed by atoms with Crippen LogP contribution in [0.1, 0.15) is 33.4 Å². The molecule has 16 heavy (non-hydrogen) atoms. The fourth-order valence-corrected chi connectivity index (χ4v) is 1.35. The Labute approximate surface area is 98.2 Å². The van der Waals surface area contributed by atoms with Crippen molar-refractivity contribution in [2.75, 3.05) is 6.54 Å². The van der Waals surface area contributed by atoms with Crippen LogP contribution in [0, 0.1) is 5.92 Å². The maximum atomic E-state index is 5.54. The third kappa shape index (κ3) is 5.12. The molecular weight excluding hydrogens is 200 g/mol. The van der Waals surface area contributed by atoms with E-state index in [0.717, 1.165) is 18.8 Å². The molecule has 0 aliphatic carbocycles. The molecule has 3 heteroatoms. The molecular formula is C13H22N2O. The van der Waals surface area contributed by atoms with Crippen LogP contribution in [0.3, 0.4) is 0 Å². The van der Waals surface area contributed by atoms with Crippen molar-refractivity contribution in [2.45, 2.75) is 40.3 Å². The third-order valence-corrected chi connectivity index (χ3v) is 2.00. The van der Waals surface area contributed by atoms with Gasteiger partial charge in [0, 0.05) is 12.6 Å². The van der Waals surface area contributed by atoms with Gasteiger partial charge < -0.3 is 10.1 Å². The van der Waals surface area contributed by atoms with Crippen molar-refractivity contribution in [2.24, 2.45) is 5.92 Å². The molecule has 0 saturated heterocycles. The van der Waals surface area contributed by atoms with E-state index < -0.39 is 0 Å². The lowest BCUT2D eigenvalue weighted by Gasteiger charge is -2.10. The highest BCUT2D eigenvalue weighted by Crippen LogP contribution is 2.09. The zero-order valence-electron chi connectivity index (χ0n) is 10.7. The molecule has 0 unspecified atom stereocenters.